The first-order chi connectivity index (χ1) is 12.6. The van der Waals surface area contributed by atoms with Crippen LogP contribution in [0.5, 0.6) is 11.5 Å². The number of carbonyl (C=O) groups is 2. The summed E-state index contributed by atoms with van der Waals surface area (Å²) in [4.78, 5) is 25.4. The van der Waals surface area contributed by atoms with Gasteiger partial charge in [0.1, 0.15) is 18.1 Å². The Bertz CT molecular complexity index is 573. The van der Waals surface area contributed by atoms with E-state index >= 15 is 0 Å². The van der Waals surface area contributed by atoms with E-state index in [2.05, 4.69) is 5.32 Å². The summed E-state index contributed by atoms with van der Waals surface area (Å²) in [5.41, 5.74) is 0. The molecule has 0 spiro atoms. The number of ether oxygens (including phenoxy) is 3. The van der Waals surface area contributed by atoms with E-state index in [1.807, 2.05) is 6.92 Å². The molecule has 0 atom stereocenters. The van der Waals surface area contributed by atoms with Crippen molar-refractivity contribution >= 4 is 23.6 Å². The number of alkyl halides is 1. The van der Waals surface area contributed by atoms with Gasteiger partial charge in [0.05, 0.1) is 12.5 Å². The number of nitrogens with zero attached hydrogens (tertiary/aromatic N) is 1. The van der Waals surface area contributed by atoms with Crippen LogP contribution in [0, 0.1) is 0 Å². The van der Waals surface area contributed by atoms with Crippen molar-refractivity contribution in [3.8, 4) is 11.5 Å². The highest BCUT2D eigenvalue weighted by atomic mass is 35.5. The van der Waals surface area contributed by atoms with Crippen LogP contribution in [0.1, 0.15) is 19.8 Å². The van der Waals surface area contributed by atoms with Crippen molar-refractivity contribution in [2.75, 3.05) is 38.8 Å². The maximum Gasteiger partial charge on any atom is 0.409 e. The average Bonchev–Trinajstić information content (AvgIpc) is 2.66. The summed E-state index contributed by atoms with van der Waals surface area (Å²) in [6.07, 6.45) is 1.02. The Hall–Kier alpha value is -2.15. The summed E-state index contributed by atoms with van der Waals surface area (Å²) in [6.45, 7) is 3.78. The summed E-state index contributed by atoms with van der Waals surface area (Å²) in [5, 5.41) is 2.93. The molecule has 2 amide bonds. The molecular formula is C18H25ClN2O5. The van der Waals surface area contributed by atoms with Crippen LogP contribution in [0.2, 0.25) is 0 Å². The number of hydrogen-bond donors (Lipinski definition) is 1. The van der Waals surface area contributed by atoms with Crippen molar-refractivity contribution < 1.29 is 23.8 Å². The molecule has 1 aliphatic heterocycles. The van der Waals surface area contributed by atoms with Gasteiger partial charge in [-0.1, -0.05) is 0 Å². The van der Waals surface area contributed by atoms with Crippen LogP contribution in [0.25, 0.3) is 0 Å². The molecule has 0 radical (unpaired) electrons. The van der Waals surface area contributed by atoms with Crippen molar-refractivity contribution in [3.63, 3.8) is 0 Å². The van der Waals surface area contributed by atoms with Gasteiger partial charge in [0.25, 0.3) is 5.91 Å². The Labute approximate surface area is 158 Å². The largest absolute Gasteiger partial charge is 0.494 e. The minimum absolute atomic E-state index is 0.0310. The molecule has 1 fully saturated rings. The number of halogens is 1. The molecule has 1 aromatic rings. The summed E-state index contributed by atoms with van der Waals surface area (Å²) in [6, 6.07) is 7.17. The Morgan fingerprint density at radius 3 is 2.35 bits per heavy atom. The molecule has 1 saturated heterocycles. The second-order valence-corrected chi connectivity index (χ2v) is 6.20. The lowest BCUT2D eigenvalue weighted by Crippen LogP contribution is -2.47. The van der Waals surface area contributed by atoms with Gasteiger partial charge in [-0.05, 0) is 44.0 Å². The van der Waals surface area contributed by atoms with Gasteiger partial charge in [-0.15, -0.1) is 11.6 Å². The van der Waals surface area contributed by atoms with E-state index in [1.165, 1.54) is 0 Å². The minimum Gasteiger partial charge on any atom is -0.494 e. The molecule has 2 rings (SSSR count). The third-order valence-corrected chi connectivity index (χ3v) is 4.08. The van der Waals surface area contributed by atoms with Crippen molar-refractivity contribution in [3.05, 3.63) is 24.3 Å². The fraction of sp³-hybridized carbons (Fsp3) is 0.556. The molecule has 26 heavy (non-hydrogen) atoms. The van der Waals surface area contributed by atoms with Gasteiger partial charge in [0.15, 0.2) is 6.61 Å². The molecule has 0 bridgehead atoms. The summed E-state index contributed by atoms with van der Waals surface area (Å²) < 4.78 is 15.8. The Kier molecular flexibility index (Phi) is 8.34. The van der Waals surface area contributed by atoms with Crippen LogP contribution in [0.3, 0.4) is 0 Å². The van der Waals surface area contributed by atoms with E-state index in [0.29, 0.717) is 38.3 Å². The van der Waals surface area contributed by atoms with Crippen LogP contribution in [-0.4, -0.2) is 61.7 Å². The van der Waals surface area contributed by atoms with E-state index in [0.717, 1.165) is 5.75 Å². The van der Waals surface area contributed by atoms with E-state index in [-0.39, 0.29) is 37.1 Å². The predicted molar refractivity (Wildman–Crippen MR) is 97.9 cm³/mol. The number of amides is 2. The van der Waals surface area contributed by atoms with Gasteiger partial charge >= 0.3 is 6.09 Å². The maximum absolute atomic E-state index is 12.0. The highest BCUT2D eigenvalue weighted by molar-refractivity contribution is 6.18. The lowest BCUT2D eigenvalue weighted by atomic mass is 10.1. The molecule has 0 aromatic heterocycles. The topological polar surface area (TPSA) is 77.1 Å². The number of carbonyl (C=O) groups excluding carboxylic acids is 2. The standard InChI is InChI=1S/C18H25ClN2O5/c1-2-24-15-3-5-16(6-4-15)26-13-17(22)20-14-7-10-21(11-8-14)18(23)25-12-9-19/h3-6,14H,2,7-13H2,1H3,(H,20,22). The maximum atomic E-state index is 12.0. The Morgan fingerprint density at radius 1 is 1.15 bits per heavy atom. The second kappa shape index (κ2) is 10.8. The van der Waals surface area contributed by atoms with Crippen molar-refractivity contribution in [2.24, 2.45) is 0 Å². The molecular weight excluding hydrogens is 360 g/mol. The first kappa shape index (κ1) is 20.2. The second-order valence-electron chi connectivity index (χ2n) is 5.83. The molecule has 7 nitrogen and oxygen atoms in total. The van der Waals surface area contributed by atoms with Gasteiger partial charge in [-0.2, -0.15) is 0 Å². The third-order valence-electron chi connectivity index (χ3n) is 3.93. The van der Waals surface area contributed by atoms with Crippen molar-refractivity contribution in [1.82, 2.24) is 10.2 Å². The number of nitrogens with one attached hydrogen (secondary N) is 1. The molecule has 1 aromatic carbocycles. The Balaban J connectivity index is 1.66. The van der Waals surface area contributed by atoms with Crippen LogP contribution in [0.15, 0.2) is 24.3 Å². The van der Waals surface area contributed by atoms with Crippen molar-refractivity contribution in [1.29, 1.82) is 0 Å². The van der Waals surface area contributed by atoms with Gasteiger partial charge < -0.3 is 24.4 Å². The van der Waals surface area contributed by atoms with Crippen LogP contribution in [-0.2, 0) is 9.53 Å². The average molecular weight is 385 g/mol. The highest BCUT2D eigenvalue weighted by Gasteiger charge is 2.24. The fourth-order valence-corrected chi connectivity index (χ4v) is 2.72. The third kappa shape index (κ3) is 6.63. The van der Waals surface area contributed by atoms with E-state index in [1.54, 1.807) is 29.2 Å². The molecule has 1 aliphatic rings. The van der Waals surface area contributed by atoms with Crippen LogP contribution < -0.4 is 14.8 Å². The van der Waals surface area contributed by atoms with E-state index < -0.39 is 0 Å². The normalized spacial score (nSPS) is 14.6. The summed E-state index contributed by atoms with van der Waals surface area (Å²) in [5.74, 6) is 1.48. The Morgan fingerprint density at radius 2 is 1.77 bits per heavy atom. The van der Waals surface area contributed by atoms with Gasteiger partial charge in [-0.3, -0.25) is 4.79 Å². The molecule has 144 valence electrons. The SMILES string of the molecule is CCOc1ccc(OCC(=O)NC2CCN(C(=O)OCCCl)CC2)cc1. The highest BCUT2D eigenvalue weighted by Crippen LogP contribution is 2.17. The van der Waals surface area contributed by atoms with Crippen LogP contribution >= 0.6 is 11.6 Å². The molecule has 0 saturated carbocycles. The van der Waals surface area contributed by atoms with Gasteiger partial charge in [0.2, 0.25) is 0 Å². The number of piperidine rings is 1. The molecule has 0 unspecified atom stereocenters. The van der Waals surface area contributed by atoms with E-state index in [9.17, 15) is 9.59 Å². The quantitative estimate of drug-likeness (QED) is 0.696. The van der Waals surface area contributed by atoms with E-state index in [4.69, 9.17) is 25.8 Å². The predicted octanol–water partition coefficient (Wildman–Crippen LogP) is 2.42. The minimum atomic E-state index is -0.353. The lowest BCUT2D eigenvalue weighted by Gasteiger charge is -2.31. The smallest absolute Gasteiger partial charge is 0.409 e. The number of hydrogen-bond acceptors (Lipinski definition) is 5. The molecule has 1 heterocycles. The lowest BCUT2D eigenvalue weighted by molar-refractivity contribution is -0.124. The summed E-state index contributed by atoms with van der Waals surface area (Å²) in [7, 11) is 0. The number of rotatable bonds is 8. The molecule has 1 N–H and O–H groups in total. The molecule has 8 heteroatoms. The zero-order chi connectivity index (χ0) is 18.8. The van der Waals surface area contributed by atoms with Crippen molar-refractivity contribution in [2.45, 2.75) is 25.8 Å². The summed E-state index contributed by atoms with van der Waals surface area (Å²) >= 11 is 5.50. The zero-order valence-corrected chi connectivity index (χ0v) is 15.7. The van der Waals surface area contributed by atoms with Crippen LogP contribution in [0.4, 0.5) is 4.79 Å². The fourth-order valence-electron chi connectivity index (χ4n) is 2.64. The monoisotopic (exact) mass is 384 g/mol. The number of likely N-dealkylation sites (tertiary alicyclic amines) is 1. The van der Waals surface area contributed by atoms with Gasteiger partial charge in [-0.25, -0.2) is 4.79 Å². The zero-order valence-electron chi connectivity index (χ0n) is 14.9. The first-order valence-electron chi connectivity index (χ1n) is 8.75. The first-order valence-corrected chi connectivity index (χ1v) is 9.28. The number of benzene rings is 1. The van der Waals surface area contributed by atoms with Gasteiger partial charge in [0, 0.05) is 19.1 Å². The molecule has 0 aliphatic carbocycles.